The third kappa shape index (κ3) is 4.89. The van der Waals surface area contributed by atoms with Gasteiger partial charge in [0.15, 0.2) is 0 Å². The molecular formula is C24H32N2O3S2. The number of rotatable bonds is 6. The second kappa shape index (κ2) is 9.43. The quantitative estimate of drug-likeness (QED) is 0.688. The molecule has 1 aliphatic carbocycles. The molecule has 0 bridgehead atoms. The van der Waals surface area contributed by atoms with E-state index in [9.17, 15) is 13.2 Å². The van der Waals surface area contributed by atoms with Gasteiger partial charge in [0, 0.05) is 23.9 Å². The van der Waals surface area contributed by atoms with Gasteiger partial charge in [-0.05, 0) is 79.1 Å². The fourth-order valence-corrected chi connectivity index (χ4v) is 7.15. The predicted octanol–water partition coefficient (Wildman–Crippen LogP) is 4.54. The number of thiophene rings is 1. The standard InChI is InChI=1S/C24H32N2O3S2/c1-17(2)23(22-8-5-15-30-22)25-24(27)19-11-13-26(14-12-19)31(28,29)21-10-9-18-6-3-4-7-20(18)16-21/h5,8-10,15-17,19,23H,3-4,6-7,11-14H2,1-2H3,(H,25,27). The highest BCUT2D eigenvalue weighted by Gasteiger charge is 2.33. The second-order valence-electron chi connectivity index (χ2n) is 9.06. The second-order valence-corrected chi connectivity index (χ2v) is 12.0. The molecule has 1 aromatic carbocycles. The molecule has 1 fully saturated rings. The van der Waals surface area contributed by atoms with E-state index in [-0.39, 0.29) is 17.9 Å². The normalized spacial score (nSPS) is 19.2. The summed E-state index contributed by atoms with van der Waals surface area (Å²) in [5, 5.41) is 5.24. The smallest absolute Gasteiger partial charge is 0.243 e. The molecule has 1 amide bonds. The van der Waals surface area contributed by atoms with Crippen molar-refractivity contribution >= 4 is 27.3 Å². The first kappa shape index (κ1) is 22.5. The van der Waals surface area contributed by atoms with Crippen LogP contribution in [0.1, 0.15) is 61.6 Å². The van der Waals surface area contributed by atoms with Crippen LogP contribution in [0.25, 0.3) is 0 Å². The molecule has 5 nitrogen and oxygen atoms in total. The maximum Gasteiger partial charge on any atom is 0.243 e. The fraction of sp³-hybridized carbons (Fsp3) is 0.542. The summed E-state index contributed by atoms with van der Waals surface area (Å²) in [7, 11) is -3.51. The Hall–Kier alpha value is -1.70. The molecule has 1 saturated heterocycles. The van der Waals surface area contributed by atoms with Gasteiger partial charge in [-0.3, -0.25) is 4.79 Å². The number of fused-ring (bicyclic) bond motifs is 1. The van der Waals surface area contributed by atoms with Crippen LogP contribution in [0.3, 0.4) is 0 Å². The number of carbonyl (C=O) groups excluding carboxylic acids is 1. The summed E-state index contributed by atoms with van der Waals surface area (Å²) in [5.41, 5.74) is 2.46. The average Bonchev–Trinajstić information content (AvgIpc) is 3.31. The summed E-state index contributed by atoms with van der Waals surface area (Å²) < 4.78 is 28.0. The first-order valence-corrected chi connectivity index (χ1v) is 13.6. The molecule has 1 aromatic heterocycles. The molecule has 1 atom stereocenters. The lowest BCUT2D eigenvalue weighted by atomic mass is 9.92. The molecule has 31 heavy (non-hydrogen) atoms. The molecule has 1 unspecified atom stereocenters. The number of nitrogens with one attached hydrogen (secondary N) is 1. The van der Waals surface area contributed by atoms with Crippen LogP contribution in [0.15, 0.2) is 40.6 Å². The van der Waals surface area contributed by atoms with Crippen molar-refractivity contribution in [2.45, 2.75) is 63.3 Å². The largest absolute Gasteiger partial charge is 0.348 e. The third-order valence-corrected chi connectivity index (χ3v) is 9.45. The lowest BCUT2D eigenvalue weighted by Gasteiger charge is -2.32. The highest BCUT2D eigenvalue weighted by molar-refractivity contribution is 7.89. The van der Waals surface area contributed by atoms with Crippen LogP contribution in [0.2, 0.25) is 0 Å². The lowest BCUT2D eigenvalue weighted by molar-refractivity contribution is -0.127. The molecule has 0 saturated carbocycles. The SMILES string of the molecule is CC(C)C(NC(=O)C1CCN(S(=O)(=O)c2ccc3c(c2)CCCC3)CC1)c1cccs1. The molecule has 168 valence electrons. The van der Waals surface area contributed by atoms with Crippen LogP contribution in [0.5, 0.6) is 0 Å². The molecular weight excluding hydrogens is 428 g/mol. The van der Waals surface area contributed by atoms with Gasteiger partial charge in [0.2, 0.25) is 15.9 Å². The van der Waals surface area contributed by atoms with Gasteiger partial charge < -0.3 is 5.32 Å². The van der Waals surface area contributed by atoms with Gasteiger partial charge in [0.1, 0.15) is 0 Å². The van der Waals surface area contributed by atoms with E-state index in [1.807, 2.05) is 23.6 Å². The monoisotopic (exact) mass is 460 g/mol. The molecule has 4 rings (SSSR count). The molecule has 7 heteroatoms. The number of nitrogens with zero attached hydrogens (tertiary/aromatic N) is 1. The van der Waals surface area contributed by atoms with Gasteiger partial charge in [-0.25, -0.2) is 8.42 Å². The van der Waals surface area contributed by atoms with Gasteiger partial charge >= 0.3 is 0 Å². The van der Waals surface area contributed by atoms with Crippen LogP contribution in [-0.2, 0) is 27.7 Å². The zero-order valence-electron chi connectivity index (χ0n) is 18.3. The molecule has 2 aromatic rings. The zero-order chi connectivity index (χ0) is 22.0. The van der Waals surface area contributed by atoms with Crippen LogP contribution < -0.4 is 5.32 Å². The van der Waals surface area contributed by atoms with E-state index in [4.69, 9.17) is 0 Å². The summed E-state index contributed by atoms with van der Waals surface area (Å²) >= 11 is 1.66. The number of hydrogen-bond donors (Lipinski definition) is 1. The topological polar surface area (TPSA) is 66.5 Å². The van der Waals surface area contributed by atoms with E-state index < -0.39 is 10.0 Å². The number of sulfonamides is 1. The summed E-state index contributed by atoms with van der Waals surface area (Å²) in [6, 6.07) is 9.68. The van der Waals surface area contributed by atoms with Crippen molar-refractivity contribution in [1.82, 2.24) is 9.62 Å². The number of piperidine rings is 1. The molecule has 2 aliphatic rings. The number of benzene rings is 1. The van der Waals surface area contributed by atoms with Crippen molar-refractivity contribution in [2.75, 3.05) is 13.1 Å². The molecule has 0 radical (unpaired) electrons. The summed E-state index contributed by atoms with van der Waals surface area (Å²) in [4.78, 5) is 14.5. The summed E-state index contributed by atoms with van der Waals surface area (Å²) in [5.74, 6) is 0.196. The Bertz CT molecular complexity index is 1010. The Balaban J connectivity index is 1.39. The Morgan fingerprint density at radius 2 is 1.81 bits per heavy atom. The van der Waals surface area contributed by atoms with Gasteiger partial charge in [-0.2, -0.15) is 4.31 Å². The van der Waals surface area contributed by atoms with E-state index in [2.05, 4.69) is 25.2 Å². The van der Waals surface area contributed by atoms with Crippen LogP contribution >= 0.6 is 11.3 Å². The Morgan fingerprint density at radius 3 is 2.45 bits per heavy atom. The predicted molar refractivity (Wildman–Crippen MR) is 125 cm³/mol. The van der Waals surface area contributed by atoms with Crippen molar-refractivity contribution in [3.05, 3.63) is 51.7 Å². The fourth-order valence-electron chi connectivity index (χ4n) is 4.68. The van der Waals surface area contributed by atoms with Gasteiger partial charge in [0.05, 0.1) is 10.9 Å². The van der Waals surface area contributed by atoms with E-state index in [1.165, 1.54) is 17.5 Å². The van der Waals surface area contributed by atoms with Crippen LogP contribution in [-0.4, -0.2) is 31.7 Å². The highest BCUT2D eigenvalue weighted by Crippen LogP contribution is 2.30. The van der Waals surface area contributed by atoms with Gasteiger partial charge in [-0.1, -0.05) is 26.0 Å². The third-order valence-electron chi connectivity index (χ3n) is 6.60. The van der Waals surface area contributed by atoms with Crippen molar-refractivity contribution in [2.24, 2.45) is 11.8 Å². The minimum Gasteiger partial charge on any atom is -0.348 e. The minimum absolute atomic E-state index is 0.00441. The first-order chi connectivity index (χ1) is 14.9. The van der Waals surface area contributed by atoms with E-state index in [1.54, 1.807) is 21.7 Å². The van der Waals surface area contributed by atoms with Crippen LogP contribution in [0, 0.1) is 11.8 Å². The maximum absolute atomic E-state index is 13.2. The number of aryl methyl sites for hydroxylation is 2. The van der Waals surface area contributed by atoms with E-state index >= 15 is 0 Å². The van der Waals surface area contributed by atoms with E-state index in [0.29, 0.717) is 36.7 Å². The zero-order valence-corrected chi connectivity index (χ0v) is 20.0. The maximum atomic E-state index is 13.2. The minimum atomic E-state index is -3.51. The van der Waals surface area contributed by atoms with Gasteiger partial charge in [0.25, 0.3) is 0 Å². The highest BCUT2D eigenvalue weighted by atomic mass is 32.2. The van der Waals surface area contributed by atoms with Crippen molar-refractivity contribution < 1.29 is 13.2 Å². The van der Waals surface area contributed by atoms with Crippen molar-refractivity contribution in [3.8, 4) is 0 Å². The lowest BCUT2D eigenvalue weighted by Crippen LogP contribution is -2.44. The number of amides is 1. The molecule has 0 spiro atoms. The Labute approximate surface area is 189 Å². The number of hydrogen-bond acceptors (Lipinski definition) is 4. The molecule has 2 heterocycles. The summed E-state index contributed by atoms with van der Waals surface area (Å²) in [6.45, 7) is 5.00. The van der Waals surface area contributed by atoms with Crippen molar-refractivity contribution in [3.63, 3.8) is 0 Å². The van der Waals surface area contributed by atoms with Gasteiger partial charge in [-0.15, -0.1) is 11.3 Å². The first-order valence-electron chi connectivity index (χ1n) is 11.3. The molecule has 1 aliphatic heterocycles. The molecule has 1 N–H and O–H groups in total. The summed E-state index contributed by atoms with van der Waals surface area (Å²) in [6.07, 6.45) is 5.43. The van der Waals surface area contributed by atoms with Crippen molar-refractivity contribution in [1.29, 1.82) is 0 Å². The Morgan fingerprint density at radius 1 is 1.10 bits per heavy atom. The van der Waals surface area contributed by atoms with E-state index in [0.717, 1.165) is 24.1 Å². The van der Waals surface area contributed by atoms with Crippen LogP contribution in [0.4, 0.5) is 0 Å². The average molecular weight is 461 g/mol. The number of carbonyl (C=O) groups is 1. The Kier molecular flexibility index (Phi) is 6.84.